The maximum absolute atomic E-state index is 13.2. The molecule has 0 radical (unpaired) electrons. The zero-order chi connectivity index (χ0) is 22.4. The van der Waals surface area contributed by atoms with Crippen LogP contribution in [-0.2, 0) is 4.79 Å². The maximum Gasteiger partial charge on any atom is 0.253 e. The smallest absolute Gasteiger partial charge is 0.253 e. The molecule has 0 unspecified atom stereocenters. The second-order valence-electron chi connectivity index (χ2n) is 8.04. The van der Waals surface area contributed by atoms with Crippen molar-refractivity contribution in [2.45, 2.75) is 32.6 Å². The quantitative estimate of drug-likeness (QED) is 0.655. The third-order valence-electron chi connectivity index (χ3n) is 5.91. The van der Waals surface area contributed by atoms with E-state index < -0.39 is 0 Å². The molecule has 0 aliphatic carbocycles. The summed E-state index contributed by atoms with van der Waals surface area (Å²) in [4.78, 5) is 28.0. The summed E-state index contributed by atoms with van der Waals surface area (Å²) in [5.41, 5.74) is 2.62. The van der Waals surface area contributed by atoms with Gasteiger partial charge in [0.25, 0.3) is 5.91 Å². The van der Waals surface area contributed by atoms with Gasteiger partial charge in [-0.1, -0.05) is 31.0 Å². The molecule has 0 aromatic heterocycles. The molecule has 1 heterocycles. The third kappa shape index (κ3) is 5.19. The molecule has 1 aliphatic heterocycles. The van der Waals surface area contributed by atoms with Crippen molar-refractivity contribution in [3.63, 3.8) is 0 Å². The normalized spacial score (nSPS) is 18.0. The number of hydrogen-bond donors (Lipinski definition) is 1. The van der Waals surface area contributed by atoms with Gasteiger partial charge < -0.3 is 19.7 Å². The molecule has 2 aromatic carbocycles. The number of nitrogens with one attached hydrogen (secondary N) is 1. The van der Waals surface area contributed by atoms with E-state index in [1.54, 1.807) is 19.1 Å². The van der Waals surface area contributed by atoms with Gasteiger partial charge in [-0.15, -0.1) is 0 Å². The number of methoxy groups -OCH3 is 2. The molecule has 6 heteroatoms. The maximum atomic E-state index is 13.2. The monoisotopic (exact) mass is 424 g/mol. The highest BCUT2D eigenvalue weighted by atomic mass is 16.5. The number of hydrogen-bond acceptors (Lipinski definition) is 4. The molecule has 166 valence electrons. The van der Waals surface area contributed by atoms with Crippen LogP contribution in [0, 0.1) is 12.8 Å². The molecule has 6 nitrogen and oxygen atoms in total. The SMILES string of the molecule is CCCCNC(=O)[C@@H]1CN(C(=O)c2ccc(C)cc2)C[C@@H]1c1cc(OC)ccc1OC. The lowest BCUT2D eigenvalue weighted by Crippen LogP contribution is -2.36. The van der Waals surface area contributed by atoms with Crippen LogP contribution >= 0.6 is 0 Å². The summed E-state index contributed by atoms with van der Waals surface area (Å²) in [6, 6.07) is 13.1. The zero-order valence-electron chi connectivity index (χ0n) is 18.8. The van der Waals surface area contributed by atoms with Crippen molar-refractivity contribution >= 4 is 11.8 Å². The lowest BCUT2D eigenvalue weighted by molar-refractivity contribution is -0.124. The number of ether oxygens (including phenoxy) is 2. The van der Waals surface area contributed by atoms with Crippen LogP contribution in [0.25, 0.3) is 0 Å². The molecule has 1 fully saturated rings. The van der Waals surface area contributed by atoms with Crippen molar-refractivity contribution in [2.75, 3.05) is 33.9 Å². The standard InChI is InChI=1S/C25H32N2O4/c1-5-6-13-26-24(28)22-16-27(25(29)18-9-7-17(2)8-10-18)15-21(22)20-14-19(30-3)11-12-23(20)31-4/h7-12,14,21-22H,5-6,13,15-16H2,1-4H3,(H,26,28)/t21-,22-/m1/s1. The van der Waals surface area contributed by atoms with Gasteiger partial charge in [-0.25, -0.2) is 0 Å². The van der Waals surface area contributed by atoms with Crippen LogP contribution in [0.5, 0.6) is 11.5 Å². The summed E-state index contributed by atoms with van der Waals surface area (Å²) in [6.07, 6.45) is 1.94. The van der Waals surface area contributed by atoms with Crippen LogP contribution in [0.2, 0.25) is 0 Å². The Morgan fingerprint density at radius 3 is 2.45 bits per heavy atom. The number of rotatable bonds is 8. The van der Waals surface area contributed by atoms with E-state index in [2.05, 4.69) is 12.2 Å². The molecular formula is C25H32N2O4. The van der Waals surface area contributed by atoms with E-state index in [1.165, 1.54) is 0 Å². The van der Waals surface area contributed by atoms with E-state index in [0.29, 0.717) is 36.7 Å². The van der Waals surface area contributed by atoms with E-state index >= 15 is 0 Å². The van der Waals surface area contributed by atoms with Gasteiger partial charge in [0.15, 0.2) is 0 Å². The molecule has 0 bridgehead atoms. The van der Waals surface area contributed by atoms with Crippen LogP contribution in [-0.4, -0.2) is 50.6 Å². The second-order valence-corrected chi connectivity index (χ2v) is 8.04. The number of carbonyl (C=O) groups excluding carboxylic acids is 2. The van der Waals surface area contributed by atoms with E-state index in [-0.39, 0.29) is 23.7 Å². The first-order valence-electron chi connectivity index (χ1n) is 10.8. The molecule has 2 aromatic rings. The summed E-state index contributed by atoms with van der Waals surface area (Å²) in [5, 5.41) is 3.05. The van der Waals surface area contributed by atoms with E-state index in [4.69, 9.17) is 9.47 Å². The van der Waals surface area contributed by atoms with Gasteiger partial charge in [-0.05, 0) is 43.7 Å². The van der Waals surface area contributed by atoms with Crippen molar-refractivity contribution < 1.29 is 19.1 Å². The highest BCUT2D eigenvalue weighted by molar-refractivity contribution is 5.95. The Hall–Kier alpha value is -3.02. The van der Waals surface area contributed by atoms with Crippen molar-refractivity contribution in [3.05, 3.63) is 59.2 Å². The minimum absolute atomic E-state index is 0.0254. The largest absolute Gasteiger partial charge is 0.497 e. The Morgan fingerprint density at radius 2 is 1.81 bits per heavy atom. The second kappa shape index (κ2) is 10.3. The van der Waals surface area contributed by atoms with E-state index in [0.717, 1.165) is 24.0 Å². The van der Waals surface area contributed by atoms with Crippen LogP contribution in [0.4, 0.5) is 0 Å². The Balaban J connectivity index is 1.91. The summed E-state index contributed by atoms with van der Waals surface area (Å²) in [6.45, 7) is 5.54. The molecule has 0 spiro atoms. The predicted octanol–water partition coefficient (Wildman–Crippen LogP) is 3.78. The lowest BCUT2D eigenvalue weighted by atomic mass is 9.87. The first-order valence-corrected chi connectivity index (χ1v) is 10.8. The number of unbranched alkanes of at least 4 members (excludes halogenated alkanes) is 1. The molecule has 3 rings (SSSR count). The number of benzene rings is 2. The van der Waals surface area contributed by atoms with Crippen LogP contribution in [0.3, 0.4) is 0 Å². The third-order valence-corrected chi connectivity index (χ3v) is 5.91. The number of nitrogens with zero attached hydrogens (tertiary/aromatic N) is 1. The fourth-order valence-electron chi connectivity index (χ4n) is 4.08. The molecule has 2 atom stereocenters. The Morgan fingerprint density at radius 1 is 1.06 bits per heavy atom. The Kier molecular flexibility index (Phi) is 7.55. The number of aryl methyl sites for hydroxylation is 1. The molecule has 0 saturated carbocycles. The van der Waals surface area contributed by atoms with Gasteiger partial charge >= 0.3 is 0 Å². The number of amides is 2. The van der Waals surface area contributed by atoms with Crippen molar-refractivity contribution in [1.82, 2.24) is 10.2 Å². The molecule has 1 N–H and O–H groups in total. The van der Waals surface area contributed by atoms with Gasteiger partial charge in [0, 0.05) is 36.7 Å². The highest BCUT2D eigenvalue weighted by Crippen LogP contribution is 2.40. The molecule has 1 aliphatic rings. The predicted molar refractivity (Wildman–Crippen MR) is 121 cm³/mol. The minimum atomic E-state index is -0.354. The zero-order valence-corrected chi connectivity index (χ0v) is 18.8. The van der Waals surface area contributed by atoms with Gasteiger partial charge in [-0.2, -0.15) is 0 Å². The van der Waals surface area contributed by atoms with Gasteiger partial charge in [-0.3, -0.25) is 9.59 Å². The summed E-state index contributed by atoms with van der Waals surface area (Å²) < 4.78 is 11.0. The Bertz CT molecular complexity index is 910. The first kappa shape index (κ1) is 22.7. The van der Waals surface area contributed by atoms with Gasteiger partial charge in [0.2, 0.25) is 5.91 Å². The highest BCUT2D eigenvalue weighted by Gasteiger charge is 2.41. The van der Waals surface area contributed by atoms with Crippen molar-refractivity contribution in [2.24, 2.45) is 5.92 Å². The van der Waals surface area contributed by atoms with E-state index in [9.17, 15) is 9.59 Å². The average molecular weight is 425 g/mol. The van der Waals surface area contributed by atoms with Gasteiger partial charge in [0.1, 0.15) is 11.5 Å². The topological polar surface area (TPSA) is 67.9 Å². The first-order chi connectivity index (χ1) is 15.0. The minimum Gasteiger partial charge on any atom is -0.497 e. The van der Waals surface area contributed by atoms with Crippen LogP contribution < -0.4 is 14.8 Å². The lowest BCUT2D eigenvalue weighted by Gasteiger charge is -2.21. The molecule has 2 amide bonds. The van der Waals surface area contributed by atoms with Crippen molar-refractivity contribution in [3.8, 4) is 11.5 Å². The Labute approximate surface area is 184 Å². The van der Waals surface area contributed by atoms with E-state index in [1.807, 2.05) is 49.4 Å². The fraction of sp³-hybridized carbons (Fsp3) is 0.440. The summed E-state index contributed by atoms with van der Waals surface area (Å²) >= 11 is 0. The average Bonchev–Trinajstić information content (AvgIpc) is 3.24. The fourth-order valence-corrected chi connectivity index (χ4v) is 4.08. The molecule has 1 saturated heterocycles. The number of carbonyl (C=O) groups is 2. The molecular weight excluding hydrogens is 392 g/mol. The summed E-state index contributed by atoms with van der Waals surface area (Å²) in [7, 11) is 3.23. The van der Waals surface area contributed by atoms with Gasteiger partial charge in [0.05, 0.1) is 20.1 Å². The van der Waals surface area contributed by atoms with Crippen LogP contribution in [0.15, 0.2) is 42.5 Å². The molecule has 31 heavy (non-hydrogen) atoms. The van der Waals surface area contributed by atoms with Crippen LogP contribution in [0.1, 0.15) is 47.2 Å². The van der Waals surface area contributed by atoms with Crippen molar-refractivity contribution in [1.29, 1.82) is 0 Å². The summed E-state index contributed by atoms with van der Waals surface area (Å²) in [5.74, 6) is 0.776. The number of likely N-dealkylation sites (tertiary alicyclic amines) is 1.